The Balaban J connectivity index is 3.44. The van der Waals surface area contributed by atoms with Gasteiger partial charge >= 0.3 is 6.18 Å². The van der Waals surface area contributed by atoms with Crippen molar-refractivity contribution < 1.29 is 22.4 Å². The maximum atomic E-state index is 13.7. The molecule has 1 aromatic carbocycles. The van der Waals surface area contributed by atoms with Crippen molar-refractivity contribution in [1.29, 1.82) is 0 Å². The molecule has 0 atom stereocenters. The van der Waals surface area contributed by atoms with E-state index in [1.165, 1.54) is 7.05 Å². The summed E-state index contributed by atoms with van der Waals surface area (Å²) in [5.74, 6) is -0.688. The molecule has 100 valence electrons. The SMILES string of the molecule is CNC(=O)c1cc(C(C)(C)F)cc(C(F)(F)F)c1. The van der Waals surface area contributed by atoms with Gasteiger partial charge in [-0.2, -0.15) is 13.2 Å². The minimum absolute atomic E-state index is 0.184. The maximum Gasteiger partial charge on any atom is 0.416 e. The molecule has 0 unspecified atom stereocenters. The van der Waals surface area contributed by atoms with Crippen molar-refractivity contribution in [2.45, 2.75) is 25.7 Å². The second-order valence-electron chi connectivity index (χ2n) is 4.35. The van der Waals surface area contributed by atoms with Crippen molar-refractivity contribution in [3.63, 3.8) is 0 Å². The van der Waals surface area contributed by atoms with Gasteiger partial charge < -0.3 is 5.32 Å². The maximum absolute atomic E-state index is 13.7. The molecule has 0 fully saturated rings. The van der Waals surface area contributed by atoms with Gasteiger partial charge in [0.25, 0.3) is 5.91 Å². The van der Waals surface area contributed by atoms with Crippen LogP contribution in [-0.2, 0) is 11.8 Å². The molecule has 0 aromatic heterocycles. The van der Waals surface area contributed by atoms with E-state index in [1.807, 2.05) is 0 Å². The molecule has 2 nitrogen and oxygen atoms in total. The number of halogens is 4. The number of benzene rings is 1. The van der Waals surface area contributed by atoms with Crippen LogP contribution in [0.15, 0.2) is 18.2 Å². The highest BCUT2D eigenvalue weighted by molar-refractivity contribution is 5.94. The number of rotatable bonds is 2. The van der Waals surface area contributed by atoms with Gasteiger partial charge in [-0.15, -0.1) is 0 Å². The zero-order valence-corrected chi connectivity index (χ0v) is 10.2. The smallest absolute Gasteiger partial charge is 0.355 e. The minimum atomic E-state index is -4.62. The van der Waals surface area contributed by atoms with Crippen LogP contribution in [0.5, 0.6) is 0 Å². The van der Waals surface area contributed by atoms with E-state index >= 15 is 0 Å². The Morgan fingerprint density at radius 2 is 1.56 bits per heavy atom. The third-order valence-corrected chi connectivity index (χ3v) is 2.44. The predicted molar refractivity (Wildman–Crippen MR) is 59.0 cm³/mol. The molecular formula is C12H13F4NO. The Hall–Kier alpha value is -1.59. The molecule has 0 spiro atoms. The normalized spacial score (nSPS) is 12.4. The third-order valence-electron chi connectivity index (χ3n) is 2.44. The summed E-state index contributed by atoms with van der Waals surface area (Å²) in [5, 5.41) is 2.21. The number of alkyl halides is 4. The van der Waals surface area contributed by atoms with E-state index < -0.39 is 23.3 Å². The van der Waals surface area contributed by atoms with Crippen LogP contribution in [0.2, 0.25) is 0 Å². The van der Waals surface area contributed by atoms with Crippen molar-refractivity contribution in [1.82, 2.24) is 5.32 Å². The molecule has 1 N–H and O–H groups in total. The molecule has 0 aliphatic heterocycles. The Morgan fingerprint density at radius 1 is 1.06 bits per heavy atom. The van der Waals surface area contributed by atoms with Crippen LogP contribution in [-0.4, -0.2) is 13.0 Å². The zero-order chi connectivity index (χ0) is 14.1. The molecule has 0 heterocycles. The first-order chi connectivity index (χ1) is 8.05. The summed E-state index contributed by atoms with van der Waals surface area (Å²) < 4.78 is 51.7. The van der Waals surface area contributed by atoms with E-state index in [4.69, 9.17) is 0 Å². The van der Waals surface area contributed by atoms with Crippen molar-refractivity contribution in [2.75, 3.05) is 7.05 Å². The molecular weight excluding hydrogens is 250 g/mol. The standard InChI is InChI=1S/C12H13F4NO/c1-11(2,13)8-4-7(10(18)17-3)5-9(6-8)12(14,15)16/h4-6H,1-3H3,(H,17,18). The number of hydrogen-bond acceptors (Lipinski definition) is 1. The van der Waals surface area contributed by atoms with E-state index in [-0.39, 0.29) is 11.1 Å². The van der Waals surface area contributed by atoms with E-state index in [1.54, 1.807) is 0 Å². The van der Waals surface area contributed by atoms with Gasteiger partial charge in [0.2, 0.25) is 0 Å². The summed E-state index contributed by atoms with van der Waals surface area (Å²) in [4.78, 5) is 11.4. The van der Waals surface area contributed by atoms with Gasteiger partial charge in [0.15, 0.2) is 0 Å². The zero-order valence-electron chi connectivity index (χ0n) is 10.2. The Bertz CT molecular complexity index is 428. The largest absolute Gasteiger partial charge is 0.416 e. The summed E-state index contributed by atoms with van der Waals surface area (Å²) in [7, 11) is 1.29. The number of carbonyl (C=O) groups is 1. The molecule has 1 aromatic rings. The molecule has 0 saturated heterocycles. The predicted octanol–water partition coefficient (Wildman–Crippen LogP) is 3.27. The molecule has 0 saturated carbocycles. The van der Waals surface area contributed by atoms with Crippen molar-refractivity contribution >= 4 is 5.91 Å². The third kappa shape index (κ3) is 3.21. The van der Waals surface area contributed by atoms with E-state index in [0.29, 0.717) is 12.1 Å². The lowest BCUT2D eigenvalue weighted by atomic mass is 9.95. The van der Waals surface area contributed by atoms with Crippen molar-refractivity contribution in [3.8, 4) is 0 Å². The summed E-state index contributed by atoms with van der Waals surface area (Å²) in [5.41, 5.74) is -3.39. The Kier molecular flexibility index (Phi) is 3.69. The van der Waals surface area contributed by atoms with E-state index in [2.05, 4.69) is 5.32 Å². The molecule has 1 rings (SSSR count). The van der Waals surface area contributed by atoms with Gasteiger partial charge in [0.1, 0.15) is 5.67 Å². The molecule has 0 radical (unpaired) electrons. The van der Waals surface area contributed by atoms with Gasteiger partial charge in [-0.1, -0.05) is 0 Å². The first-order valence-electron chi connectivity index (χ1n) is 5.19. The molecule has 6 heteroatoms. The first-order valence-corrected chi connectivity index (χ1v) is 5.19. The second-order valence-corrected chi connectivity index (χ2v) is 4.35. The number of hydrogen-bond donors (Lipinski definition) is 1. The highest BCUT2D eigenvalue weighted by atomic mass is 19.4. The van der Waals surface area contributed by atoms with Gasteiger partial charge in [0, 0.05) is 12.6 Å². The second kappa shape index (κ2) is 4.59. The molecule has 0 aliphatic carbocycles. The molecule has 18 heavy (non-hydrogen) atoms. The van der Waals surface area contributed by atoms with Crippen LogP contribution in [0, 0.1) is 0 Å². The fourth-order valence-electron chi connectivity index (χ4n) is 1.41. The van der Waals surface area contributed by atoms with E-state index in [9.17, 15) is 22.4 Å². The first kappa shape index (κ1) is 14.5. The average molecular weight is 263 g/mol. The van der Waals surface area contributed by atoms with Crippen LogP contribution in [0.1, 0.15) is 35.3 Å². The van der Waals surface area contributed by atoms with Crippen LogP contribution in [0.3, 0.4) is 0 Å². The van der Waals surface area contributed by atoms with Gasteiger partial charge in [-0.05, 0) is 37.6 Å². The summed E-state index contributed by atoms with van der Waals surface area (Å²) in [6.45, 7) is 2.27. The van der Waals surface area contributed by atoms with Crippen LogP contribution >= 0.6 is 0 Å². The van der Waals surface area contributed by atoms with Gasteiger partial charge in [-0.25, -0.2) is 4.39 Å². The highest BCUT2D eigenvalue weighted by Crippen LogP contribution is 2.34. The summed E-state index contributed by atoms with van der Waals surface area (Å²) >= 11 is 0. The minimum Gasteiger partial charge on any atom is -0.355 e. The number of nitrogens with one attached hydrogen (secondary N) is 1. The van der Waals surface area contributed by atoms with Crippen molar-refractivity contribution in [2.24, 2.45) is 0 Å². The lowest BCUT2D eigenvalue weighted by molar-refractivity contribution is -0.137. The van der Waals surface area contributed by atoms with Gasteiger partial charge in [-0.3, -0.25) is 4.79 Å². The van der Waals surface area contributed by atoms with Crippen LogP contribution in [0.25, 0.3) is 0 Å². The average Bonchev–Trinajstić information content (AvgIpc) is 2.25. The van der Waals surface area contributed by atoms with Crippen molar-refractivity contribution in [3.05, 3.63) is 34.9 Å². The lowest BCUT2D eigenvalue weighted by Crippen LogP contribution is -2.21. The van der Waals surface area contributed by atoms with E-state index in [0.717, 1.165) is 19.9 Å². The molecule has 0 aliphatic rings. The fourth-order valence-corrected chi connectivity index (χ4v) is 1.41. The Labute approximate surface area is 102 Å². The Morgan fingerprint density at radius 3 is 1.94 bits per heavy atom. The summed E-state index contributed by atoms with van der Waals surface area (Å²) in [6.07, 6.45) is -4.62. The summed E-state index contributed by atoms with van der Waals surface area (Å²) in [6, 6.07) is 2.54. The number of carbonyl (C=O) groups excluding carboxylic acids is 1. The van der Waals surface area contributed by atoms with Crippen LogP contribution < -0.4 is 5.32 Å². The fraction of sp³-hybridized carbons (Fsp3) is 0.417. The monoisotopic (exact) mass is 263 g/mol. The molecule has 0 bridgehead atoms. The topological polar surface area (TPSA) is 29.1 Å². The van der Waals surface area contributed by atoms with Gasteiger partial charge in [0.05, 0.1) is 5.56 Å². The lowest BCUT2D eigenvalue weighted by Gasteiger charge is -2.18. The highest BCUT2D eigenvalue weighted by Gasteiger charge is 2.33. The molecule has 1 amide bonds. The quantitative estimate of drug-likeness (QED) is 0.815. The number of amides is 1. The van der Waals surface area contributed by atoms with Crippen LogP contribution in [0.4, 0.5) is 17.6 Å².